The van der Waals surface area contributed by atoms with E-state index in [1.807, 2.05) is 0 Å². The molecule has 3 aromatic heterocycles. The van der Waals surface area contributed by atoms with Crippen molar-refractivity contribution in [2.75, 3.05) is 5.73 Å². The lowest BCUT2D eigenvalue weighted by Gasteiger charge is -2.10. The number of fused-ring (bicyclic) bond motifs is 1. The van der Waals surface area contributed by atoms with Crippen LogP contribution in [0.2, 0.25) is 5.02 Å². The van der Waals surface area contributed by atoms with Crippen LogP contribution in [0.25, 0.3) is 20.8 Å². The molecule has 3 heterocycles. The number of hydrogen-bond donors (Lipinski definition) is 1. The fourth-order valence-electron chi connectivity index (χ4n) is 2.80. The summed E-state index contributed by atoms with van der Waals surface area (Å²) in [5.41, 5.74) is 5.37. The van der Waals surface area contributed by atoms with Crippen LogP contribution >= 0.6 is 34.3 Å². The number of halogens is 4. The van der Waals surface area contributed by atoms with Gasteiger partial charge in [0.25, 0.3) is 0 Å². The van der Waals surface area contributed by atoms with Gasteiger partial charge in [0.1, 0.15) is 9.71 Å². The Morgan fingerprint density at radius 3 is 2.46 bits per heavy atom. The van der Waals surface area contributed by atoms with Crippen LogP contribution in [0.5, 0.6) is 0 Å². The van der Waals surface area contributed by atoms with Crippen molar-refractivity contribution in [3.05, 3.63) is 68.9 Å². The molecule has 0 unspecified atom stereocenters. The number of carbonyl (C=O) groups is 1. The number of benzene rings is 1. The lowest BCUT2D eigenvalue weighted by Crippen LogP contribution is -2.08. The maximum absolute atomic E-state index is 13.7. The Balaban J connectivity index is 1.94. The number of aromatic nitrogens is 1. The lowest BCUT2D eigenvalue weighted by atomic mass is 10.1. The van der Waals surface area contributed by atoms with Crippen LogP contribution in [-0.2, 0) is 6.18 Å². The third-order valence-electron chi connectivity index (χ3n) is 4.09. The molecule has 0 fully saturated rings. The molecule has 0 aliphatic carbocycles. The number of nitrogen functional groups attached to an aromatic ring is 1. The van der Waals surface area contributed by atoms with Crippen LogP contribution in [-0.4, -0.2) is 10.8 Å². The van der Waals surface area contributed by atoms with Gasteiger partial charge in [-0.05, 0) is 41.8 Å². The maximum Gasteiger partial charge on any atom is 0.417 e. The van der Waals surface area contributed by atoms with Gasteiger partial charge in [-0.25, -0.2) is 4.98 Å². The van der Waals surface area contributed by atoms with Gasteiger partial charge in [0.15, 0.2) is 0 Å². The Morgan fingerprint density at radius 2 is 1.86 bits per heavy atom. The van der Waals surface area contributed by atoms with E-state index in [2.05, 4.69) is 4.98 Å². The molecule has 1 aromatic carbocycles. The van der Waals surface area contributed by atoms with Crippen molar-refractivity contribution in [2.45, 2.75) is 6.18 Å². The number of nitrogens with zero attached hydrogens (tertiary/aromatic N) is 1. The number of rotatable bonds is 3. The Hall–Kier alpha value is -2.42. The highest BCUT2D eigenvalue weighted by molar-refractivity contribution is 7.21. The van der Waals surface area contributed by atoms with Crippen LogP contribution in [0.4, 0.5) is 18.9 Å². The largest absolute Gasteiger partial charge is 0.417 e. The molecular weight excluding hydrogens is 429 g/mol. The highest BCUT2D eigenvalue weighted by Gasteiger charge is 2.36. The number of alkyl halides is 3. The van der Waals surface area contributed by atoms with Crippen LogP contribution in [0, 0.1) is 0 Å². The molecule has 0 saturated carbocycles. The molecule has 3 nitrogen and oxygen atoms in total. The highest BCUT2D eigenvalue weighted by Crippen LogP contribution is 2.44. The topological polar surface area (TPSA) is 56.0 Å². The zero-order valence-corrected chi connectivity index (χ0v) is 16.3. The minimum atomic E-state index is -4.64. The van der Waals surface area contributed by atoms with Gasteiger partial charge in [-0.2, -0.15) is 13.2 Å². The molecule has 0 radical (unpaired) electrons. The van der Waals surface area contributed by atoms with Gasteiger partial charge in [0, 0.05) is 16.0 Å². The number of anilines is 1. The summed E-state index contributed by atoms with van der Waals surface area (Å²) in [7, 11) is 0. The third-order valence-corrected chi connectivity index (χ3v) is 6.33. The smallest absolute Gasteiger partial charge is 0.397 e. The van der Waals surface area contributed by atoms with Gasteiger partial charge >= 0.3 is 6.18 Å². The quantitative estimate of drug-likeness (QED) is 0.371. The standard InChI is InChI=1S/C19H10ClF3N2OS2/c20-10-5-3-9(4-6-10)16(26)17-15(24)14-11(19(21,22)23)8-12(25-18(14)28-17)13-2-1-7-27-13/h1-8H,24H2. The molecule has 4 rings (SSSR count). The van der Waals surface area contributed by atoms with E-state index in [0.717, 1.165) is 17.4 Å². The zero-order valence-electron chi connectivity index (χ0n) is 13.9. The summed E-state index contributed by atoms with van der Waals surface area (Å²) in [5.74, 6) is -0.469. The molecule has 0 bridgehead atoms. The number of hydrogen-bond acceptors (Lipinski definition) is 5. The van der Waals surface area contributed by atoms with Gasteiger partial charge in [0.05, 0.1) is 21.8 Å². The minimum absolute atomic E-state index is 0.0265. The van der Waals surface area contributed by atoms with E-state index in [1.54, 1.807) is 17.5 Å². The molecule has 2 N–H and O–H groups in total. The van der Waals surface area contributed by atoms with Crippen molar-refractivity contribution in [3.63, 3.8) is 0 Å². The van der Waals surface area contributed by atoms with Crippen molar-refractivity contribution in [1.82, 2.24) is 4.98 Å². The first-order valence-corrected chi connectivity index (χ1v) is 9.97. The molecule has 28 heavy (non-hydrogen) atoms. The number of nitrogens with two attached hydrogens (primary N) is 1. The fraction of sp³-hybridized carbons (Fsp3) is 0.0526. The summed E-state index contributed by atoms with van der Waals surface area (Å²) in [4.78, 5) is 17.8. The number of thiophene rings is 2. The van der Waals surface area contributed by atoms with E-state index >= 15 is 0 Å². The van der Waals surface area contributed by atoms with Crippen LogP contribution in [0.15, 0.2) is 47.8 Å². The van der Waals surface area contributed by atoms with Gasteiger partial charge in [-0.3, -0.25) is 4.79 Å². The average molecular weight is 439 g/mol. The predicted molar refractivity (Wildman–Crippen MR) is 107 cm³/mol. The summed E-state index contributed by atoms with van der Waals surface area (Å²) < 4.78 is 41.2. The molecule has 0 aliphatic heterocycles. The van der Waals surface area contributed by atoms with Gasteiger partial charge in [0.2, 0.25) is 5.78 Å². The number of ketones is 1. The highest BCUT2D eigenvalue weighted by atomic mass is 35.5. The van der Waals surface area contributed by atoms with E-state index in [1.165, 1.54) is 35.6 Å². The molecule has 4 aromatic rings. The maximum atomic E-state index is 13.7. The number of carbonyl (C=O) groups excluding carboxylic acids is 1. The summed E-state index contributed by atoms with van der Waals surface area (Å²) in [6, 6.07) is 10.5. The van der Waals surface area contributed by atoms with Gasteiger partial charge in [-0.15, -0.1) is 22.7 Å². The molecule has 9 heteroatoms. The van der Waals surface area contributed by atoms with E-state index in [9.17, 15) is 18.0 Å². The Bertz CT molecular complexity index is 1180. The van der Waals surface area contributed by atoms with Crippen molar-refractivity contribution in [3.8, 4) is 10.6 Å². The average Bonchev–Trinajstić information content (AvgIpc) is 3.29. The fourth-order valence-corrected chi connectivity index (χ4v) is 4.69. The van der Waals surface area contributed by atoms with Gasteiger partial charge < -0.3 is 5.73 Å². The van der Waals surface area contributed by atoms with Crippen molar-refractivity contribution < 1.29 is 18.0 Å². The zero-order chi connectivity index (χ0) is 20.1. The monoisotopic (exact) mass is 438 g/mol. The first kappa shape index (κ1) is 18.9. The van der Waals surface area contributed by atoms with Crippen LogP contribution in [0.3, 0.4) is 0 Å². The third kappa shape index (κ3) is 3.28. The Morgan fingerprint density at radius 1 is 1.14 bits per heavy atom. The summed E-state index contributed by atoms with van der Waals surface area (Å²) in [6.07, 6.45) is -4.64. The van der Waals surface area contributed by atoms with Gasteiger partial charge in [-0.1, -0.05) is 17.7 Å². The predicted octanol–water partition coefficient (Wildman–Crippen LogP) is 6.51. The SMILES string of the molecule is Nc1c(C(=O)c2ccc(Cl)cc2)sc2nc(-c3cccs3)cc(C(F)(F)F)c12. The molecule has 0 spiro atoms. The molecule has 0 atom stereocenters. The summed E-state index contributed by atoms with van der Waals surface area (Å²) >= 11 is 7.97. The van der Waals surface area contributed by atoms with Crippen LogP contribution < -0.4 is 5.73 Å². The first-order valence-electron chi connectivity index (χ1n) is 7.90. The van der Waals surface area contributed by atoms with E-state index in [4.69, 9.17) is 17.3 Å². The van der Waals surface area contributed by atoms with E-state index in [-0.39, 0.29) is 32.0 Å². The number of pyridine rings is 1. The minimum Gasteiger partial charge on any atom is -0.397 e. The summed E-state index contributed by atoms with van der Waals surface area (Å²) in [5, 5.41) is 1.96. The Labute approximate surface area is 170 Å². The Kier molecular flexibility index (Phi) is 4.65. The van der Waals surface area contributed by atoms with E-state index in [0.29, 0.717) is 9.90 Å². The molecule has 0 amide bonds. The molecular formula is C19H10ClF3N2OS2. The molecule has 142 valence electrons. The van der Waals surface area contributed by atoms with Crippen molar-refractivity contribution >= 4 is 56.0 Å². The van der Waals surface area contributed by atoms with Crippen molar-refractivity contribution in [2.24, 2.45) is 0 Å². The van der Waals surface area contributed by atoms with Crippen LogP contribution in [0.1, 0.15) is 20.8 Å². The molecule has 0 saturated heterocycles. The normalized spacial score (nSPS) is 11.9. The van der Waals surface area contributed by atoms with Crippen molar-refractivity contribution in [1.29, 1.82) is 0 Å². The second-order valence-corrected chi connectivity index (χ2v) is 8.27. The van der Waals surface area contributed by atoms with E-state index < -0.39 is 17.5 Å². The summed E-state index contributed by atoms with van der Waals surface area (Å²) in [6.45, 7) is 0. The molecule has 0 aliphatic rings. The first-order chi connectivity index (χ1) is 13.3. The second-order valence-electron chi connectivity index (χ2n) is 5.89. The lowest BCUT2D eigenvalue weighted by molar-refractivity contribution is -0.136. The second kappa shape index (κ2) is 6.88.